The number of methoxy groups -OCH3 is 1. The summed E-state index contributed by atoms with van der Waals surface area (Å²) in [6.45, 7) is 2.74. The zero-order valence-electron chi connectivity index (χ0n) is 12.8. The zero-order chi connectivity index (χ0) is 15.0. The van der Waals surface area contributed by atoms with Gasteiger partial charge in [-0.25, -0.2) is 0 Å². The molecule has 1 aromatic rings. The molecule has 114 valence electrons. The summed E-state index contributed by atoms with van der Waals surface area (Å²) in [5.74, 6) is 0.159. The monoisotopic (exact) mass is 289 g/mol. The fourth-order valence-electron chi connectivity index (χ4n) is 3.92. The van der Waals surface area contributed by atoms with Crippen LogP contribution in [0.3, 0.4) is 0 Å². The normalized spacial score (nSPS) is 29.1. The van der Waals surface area contributed by atoms with Crippen molar-refractivity contribution in [3.8, 4) is 5.75 Å². The fourth-order valence-corrected chi connectivity index (χ4v) is 3.92. The first-order chi connectivity index (χ1) is 10.1. The van der Waals surface area contributed by atoms with Crippen molar-refractivity contribution in [1.29, 1.82) is 0 Å². The molecule has 1 aromatic carbocycles. The van der Waals surface area contributed by atoms with Crippen LogP contribution in [0.2, 0.25) is 0 Å². The van der Waals surface area contributed by atoms with E-state index in [2.05, 4.69) is 17.0 Å². The van der Waals surface area contributed by atoms with E-state index < -0.39 is 11.5 Å². The van der Waals surface area contributed by atoms with Crippen molar-refractivity contribution in [2.75, 3.05) is 13.7 Å². The summed E-state index contributed by atoms with van der Waals surface area (Å²) in [4.78, 5) is 13.9. The summed E-state index contributed by atoms with van der Waals surface area (Å²) in [7, 11) is 1.68. The Balaban J connectivity index is 1.99. The molecule has 3 rings (SSSR count). The van der Waals surface area contributed by atoms with Gasteiger partial charge in [-0.1, -0.05) is 6.07 Å². The highest BCUT2D eigenvalue weighted by Crippen LogP contribution is 2.43. The number of likely N-dealkylation sites (tertiary alicyclic amines) is 1. The average molecular weight is 289 g/mol. The SMILES string of the molecule is COc1ccc2c(c1)C(N1CCCC1(C)C(=O)O)CCC2. The number of carbonyl (C=O) groups is 1. The molecule has 4 heteroatoms. The Morgan fingerprint density at radius 3 is 2.95 bits per heavy atom. The van der Waals surface area contributed by atoms with Gasteiger partial charge in [0.05, 0.1) is 7.11 Å². The van der Waals surface area contributed by atoms with Gasteiger partial charge in [-0.05, 0) is 68.8 Å². The molecular weight excluding hydrogens is 266 g/mol. The van der Waals surface area contributed by atoms with Crippen LogP contribution < -0.4 is 4.74 Å². The van der Waals surface area contributed by atoms with Gasteiger partial charge >= 0.3 is 5.97 Å². The van der Waals surface area contributed by atoms with Crippen LogP contribution in [0, 0.1) is 0 Å². The standard InChI is InChI=1S/C17H23NO3/c1-17(16(19)20)9-4-10-18(17)15-6-3-5-12-7-8-13(21-2)11-14(12)15/h7-8,11,15H,3-6,9-10H2,1-2H3,(H,19,20). The summed E-state index contributed by atoms with van der Waals surface area (Å²) in [6, 6.07) is 6.43. The molecule has 1 heterocycles. The predicted octanol–water partition coefficient (Wildman–Crippen LogP) is 3.01. The van der Waals surface area contributed by atoms with Crippen molar-refractivity contribution >= 4 is 5.97 Å². The van der Waals surface area contributed by atoms with Gasteiger partial charge in [0.2, 0.25) is 0 Å². The van der Waals surface area contributed by atoms with Crippen molar-refractivity contribution in [3.05, 3.63) is 29.3 Å². The maximum Gasteiger partial charge on any atom is 0.323 e. The van der Waals surface area contributed by atoms with Gasteiger partial charge in [-0.3, -0.25) is 9.69 Å². The summed E-state index contributed by atoms with van der Waals surface area (Å²) >= 11 is 0. The van der Waals surface area contributed by atoms with E-state index in [0.29, 0.717) is 0 Å². The van der Waals surface area contributed by atoms with Gasteiger partial charge in [0.15, 0.2) is 0 Å². The second-order valence-electron chi connectivity index (χ2n) is 6.35. The van der Waals surface area contributed by atoms with Crippen molar-refractivity contribution in [2.45, 2.75) is 50.6 Å². The van der Waals surface area contributed by atoms with Crippen LogP contribution >= 0.6 is 0 Å². The third-order valence-electron chi connectivity index (χ3n) is 5.17. The average Bonchev–Trinajstić information content (AvgIpc) is 2.89. The molecule has 0 aromatic heterocycles. The number of rotatable bonds is 3. The van der Waals surface area contributed by atoms with E-state index in [4.69, 9.17) is 4.74 Å². The highest BCUT2D eigenvalue weighted by molar-refractivity contribution is 5.78. The molecule has 1 N–H and O–H groups in total. The highest BCUT2D eigenvalue weighted by Gasteiger charge is 2.47. The number of carboxylic acid groups (broad SMARTS) is 1. The number of fused-ring (bicyclic) bond motifs is 1. The highest BCUT2D eigenvalue weighted by atomic mass is 16.5. The molecule has 0 spiro atoms. The number of aryl methyl sites for hydroxylation is 1. The van der Waals surface area contributed by atoms with Gasteiger partial charge in [0.25, 0.3) is 0 Å². The lowest BCUT2D eigenvalue weighted by Crippen LogP contribution is -2.50. The smallest absolute Gasteiger partial charge is 0.323 e. The van der Waals surface area contributed by atoms with E-state index in [0.717, 1.165) is 44.4 Å². The minimum atomic E-state index is -0.734. The molecule has 21 heavy (non-hydrogen) atoms. The Hall–Kier alpha value is -1.55. The lowest BCUT2D eigenvalue weighted by Gasteiger charge is -2.40. The quantitative estimate of drug-likeness (QED) is 0.929. The Morgan fingerprint density at radius 1 is 1.43 bits per heavy atom. The Labute approximate surface area is 125 Å². The third-order valence-corrected chi connectivity index (χ3v) is 5.17. The van der Waals surface area contributed by atoms with Gasteiger partial charge in [-0.15, -0.1) is 0 Å². The first-order valence-corrected chi connectivity index (χ1v) is 7.73. The van der Waals surface area contributed by atoms with Gasteiger partial charge in [0, 0.05) is 6.04 Å². The molecule has 0 radical (unpaired) electrons. The Kier molecular flexibility index (Phi) is 3.66. The second kappa shape index (κ2) is 5.34. The molecule has 1 saturated heterocycles. The number of carboxylic acids is 1. The summed E-state index contributed by atoms with van der Waals surface area (Å²) in [6.07, 6.45) is 4.92. The lowest BCUT2D eigenvalue weighted by atomic mass is 9.84. The molecular formula is C17H23NO3. The van der Waals surface area contributed by atoms with Gasteiger partial charge in [0.1, 0.15) is 11.3 Å². The fraction of sp³-hybridized carbons (Fsp3) is 0.588. The molecule has 1 aliphatic heterocycles. The number of benzene rings is 1. The summed E-state index contributed by atoms with van der Waals surface area (Å²) < 4.78 is 5.36. The maximum atomic E-state index is 11.7. The molecule has 2 aliphatic rings. The number of aliphatic carboxylic acids is 1. The van der Waals surface area contributed by atoms with Crippen molar-refractivity contribution < 1.29 is 14.6 Å². The molecule has 0 amide bonds. The molecule has 0 saturated carbocycles. The topological polar surface area (TPSA) is 49.8 Å². The van der Waals surface area contributed by atoms with Crippen molar-refractivity contribution in [3.63, 3.8) is 0 Å². The Morgan fingerprint density at radius 2 is 2.24 bits per heavy atom. The van der Waals surface area contributed by atoms with Gasteiger partial charge < -0.3 is 9.84 Å². The first kappa shape index (κ1) is 14.4. The zero-order valence-corrected chi connectivity index (χ0v) is 12.8. The van der Waals surface area contributed by atoms with Crippen LogP contribution in [0.4, 0.5) is 0 Å². The predicted molar refractivity (Wildman–Crippen MR) is 80.7 cm³/mol. The van der Waals surface area contributed by atoms with Gasteiger partial charge in [-0.2, -0.15) is 0 Å². The molecule has 1 fully saturated rings. The number of ether oxygens (including phenoxy) is 1. The van der Waals surface area contributed by atoms with Crippen LogP contribution in [-0.4, -0.2) is 35.2 Å². The molecule has 2 atom stereocenters. The van der Waals surface area contributed by atoms with E-state index in [1.807, 2.05) is 13.0 Å². The molecule has 2 unspecified atom stereocenters. The van der Waals surface area contributed by atoms with Crippen LogP contribution in [0.1, 0.15) is 49.8 Å². The largest absolute Gasteiger partial charge is 0.497 e. The van der Waals surface area contributed by atoms with Crippen LogP contribution in [0.25, 0.3) is 0 Å². The van der Waals surface area contributed by atoms with Crippen LogP contribution in [0.5, 0.6) is 5.75 Å². The van der Waals surface area contributed by atoms with E-state index in [-0.39, 0.29) is 6.04 Å². The van der Waals surface area contributed by atoms with Crippen molar-refractivity contribution in [1.82, 2.24) is 4.90 Å². The van der Waals surface area contributed by atoms with Crippen molar-refractivity contribution in [2.24, 2.45) is 0 Å². The van der Waals surface area contributed by atoms with E-state index in [9.17, 15) is 9.90 Å². The lowest BCUT2D eigenvalue weighted by molar-refractivity contribution is -0.150. The van der Waals surface area contributed by atoms with Crippen LogP contribution in [0.15, 0.2) is 18.2 Å². The first-order valence-electron chi connectivity index (χ1n) is 7.73. The maximum absolute atomic E-state index is 11.7. The number of nitrogens with zero attached hydrogens (tertiary/aromatic N) is 1. The minimum absolute atomic E-state index is 0.201. The summed E-state index contributed by atoms with van der Waals surface area (Å²) in [5.41, 5.74) is 1.86. The Bertz CT molecular complexity index is 557. The van der Waals surface area contributed by atoms with E-state index in [1.54, 1.807) is 7.11 Å². The number of hydrogen-bond donors (Lipinski definition) is 1. The minimum Gasteiger partial charge on any atom is -0.497 e. The third kappa shape index (κ3) is 2.31. The second-order valence-corrected chi connectivity index (χ2v) is 6.35. The molecule has 1 aliphatic carbocycles. The molecule has 4 nitrogen and oxygen atoms in total. The summed E-state index contributed by atoms with van der Waals surface area (Å²) in [5, 5.41) is 9.66. The number of hydrogen-bond acceptors (Lipinski definition) is 3. The van der Waals surface area contributed by atoms with E-state index >= 15 is 0 Å². The molecule has 0 bridgehead atoms. The van der Waals surface area contributed by atoms with E-state index in [1.165, 1.54) is 11.1 Å². The van der Waals surface area contributed by atoms with Crippen LogP contribution in [-0.2, 0) is 11.2 Å².